The molecule has 0 spiro atoms. The molecule has 0 saturated carbocycles. The SMILES string of the molecule is C=CCOc1ccc([C@H]2NC(=S)NC(c3ccccc3)=C2C(C)=O)cc1OC. The van der Waals surface area contributed by atoms with Gasteiger partial charge in [-0.05, 0) is 42.4 Å². The fraction of sp³-hybridized carbons (Fsp3) is 0.182. The van der Waals surface area contributed by atoms with Crippen molar-refractivity contribution >= 4 is 28.8 Å². The van der Waals surface area contributed by atoms with E-state index in [1.54, 1.807) is 20.1 Å². The summed E-state index contributed by atoms with van der Waals surface area (Å²) in [6.07, 6.45) is 1.67. The molecule has 2 aromatic carbocycles. The molecule has 5 nitrogen and oxygen atoms in total. The second-order valence-corrected chi connectivity index (χ2v) is 6.66. The minimum atomic E-state index is -0.399. The van der Waals surface area contributed by atoms with Gasteiger partial charge in [0.15, 0.2) is 22.4 Å². The molecule has 2 N–H and O–H groups in total. The lowest BCUT2D eigenvalue weighted by Gasteiger charge is -2.31. The Morgan fingerprint density at radius 3 is 2.61 bits per heavy atom. The summed E-state index contributed by atoms with van der Waals surface area (Å²) in [4.78, 5) is 12.6. The third-order valence-electron chi connectivity index (χ3n) is 4.39. The Morgan fingerprint density at radius 1 is 1.21 bits per heavy atom. The highest BCUT2D eigenvalue weighted by molar-refractivity contribution is 7.80. The highest BCUT2D eigenvalue weighted by Crippen LogP contribution is 2.36. The van der Waals surface area contributed by atoms with Gasteiger partial charge in [-0.1, -0.05) is 49.1 Å². The van der Waals surface area contributed by atoms with E-state index in [-0.39, 0.29) is 5.78 Å². The minimum absolute atomic E-state index is 0.0442. The average molecular weight is 394 g/mol. The van der Waals surface area contributed by atoms with Crippen molar-refractivity contribution in [1.82, 2.24) is 10.6 Å². The predicted octanol–water partition coefficient (Wildman–Crippen LogP) is 3.78. The van der Waals surface area contributed by atoms with Crippen LogP contribution in [0.15, 0.2) is 66.8 Å². The van der Waals surface area contributed by atoms with Gasteiger partial charge in [-0.3, -0.25) is 4.79 Å². The molecule has 0 unspecified atom stereocenters. The van der Waals surface area contributed by atoms with E-state index in [4.69, 9.17) is 21.7 Å². The van der Waals surface area contributed by atoms with Crippen molar-refractivity contribution in [2.45, 2.75) is 13.0 Å². The Kier molecular flexibility index (Phi) is 6.11. The molecule has 1 heterocycles. The van der Waals surface area contributed by atoms with Crippen LogP contribution in [0.2, 0.25) is 0 Å². The standard InChI is InChI=1S/C22H22N2O3S/c1-4-12-27-17-11-10-16(13-18(17)26-3)21-19(14(2)25)20(23-22(28)24-21)15-8-6-5-7-9-15/h4-11,13,21H,1,12H2,2-3H3,(H2,23,24,28)/t21-/m1/s1. The maximum Gasteiger partial charge on any atom is 0.171 e. The van der Waals surface area contributed by atoms with Crippen LogP contribution in [0.5, 0.6) is 11.5 Å². The zero-order chi connectivity index (χ0) is 20.1. The van der Waals surface area contributed by atoms with Crippen LogP contribution < -0.4 is 20.1 Å². The molecule has 0 amide bonds. The first kappa shape index (κ1) is 19.6. The molecule has 3 rings (SSSR count). The number of carbonyl (C=O) groups excluding carboxylic acids is 1. The Morgan fingerprint density at radius 2 is 1.96 bits per heavy atom. The zero-order valence-corrected chi connectivity index (χ0v) is 16.6. The number of benzene rings is 2. The summed E-state index contributed by atoms with van der Waals surface area (Å²) in [5, 5.41) is 6.81. The monoisotopic (exact) mass is 394 g/mol. The lowest BCUT2D eigenvalue weighted by Crippen LogP contribution is -2.44. The van der Waals surface area contributed by atoms with E-state index in [1.165, 1.54) is 0 Å². The number of hydrogen-bond donors (Lipinski definition) is 2. The summed E-state index contributed by atoms with van der Waals surface area (Å²) in [7, 11) is 1.58. The first-order valence-corrected chi connectivity index (χ1v) is 9.25. The van der Waals surface area contributed by atoms with Gasteiger partial charge in [0.1, 0.15) is 6.61 Å². The fourth-order valence-electron chi connectivity index (χ4n) is 3.16. The normalized spacial score (nSPS) is 16.1. The molecule has 1 aliphatic rings. The number of methoxy groups -OCH3 is 1. The predicted molar refractivity (Wildman–Crippen MR) is 114 cm³/mol. The number of rotatable bonds is 7. The van der Waals surface area contributed by atoms with Crippen LogP contribution in [0, 0.1) is 0 Å². The lowest BCUT2D eigenvalue weighted by molar-refractivity contribution is -0.113. The van der Waals surface area contributed by atoms with Gasteiger partial charge in [0.25, 0.3) is 0 Å². The molecular formula is C22H22N2O3S. The van der Waals surface area contributed by atoms with E-state index in [2.05, 4.69) is 17.2 Å². The topological polar surface area (TPSA) is 59.6 Å². The third kappa shape index (κ3) is 4.07. The van der Waals surface area contributed by atoms with Crippen molar-refractivity contribution in [3.63, 3.8) is 0 Å². The van der Waals surface area contributed by atoms with Crippen molar-refractivity contribution in [2.75, 3.05) is 13.7 Å². The van der Waals surface area contributed by atoms with Gasteiger partial charge in [0.2, 0.25) is 0 Å². The molecule has 1 aliphatic heterocycles. The molecule has 2 aromatic rings. The maximum atomic E-state index is 12.6. The first-order chi connectivity index (χ1) is 13.5. The minimum Gasteiger partial charge on any atom is -0.493 e. The summed E-state index contributed by atoms with van der Waals surface area (Å²) >= 11 is 5.41. The largest absolute Gasteiger partial charge is 0.493 e. The summed E-state index contributed by atoms with van der Waals surface area (Å²) in [6, 6.07) is 14.9. The van der Waals surface area contributed by atoms with Gasteiger partial charge in [-0.15, -0.1) is 0 Å². The summed E-state index contributed by atoms with van der Waals surface area (Å²) in [6.45, 7) is 5.59. The van der Waals surface area contributed by atoms with Crippen molar-refractivity contribution in [3.8, 4) is 11.5 Å². The molecule has 0 aromatic heterocycles. The van der Waals surface area contributed by atoms with Crippen LogP contribution in [0.3, 0.4) is 0 Å². The Hall–Kier alpha value is -3.12. The zero-order valence-electron chi connectivity index (χ0n) is 15.8. The molecule has 0 fully saturated rings. The summed E-state index contributed by atoms with van der Waals surface area (Å²) < 4.78 is 11.1. The molecule has 0 radical (unpaired) electrons. The molecule has 0 saturated heterocycles. The molecule has 1 atom stereocenters. The van der Waals surface area contributed by atoms with Gasteiger partial charge in [-0.2, -0.15) is 0 Å². The van der Waals surface area contributed by atoms with E-state index in [1.807, 2.05) is 48.5 Å². The quantitative estimate of drug-likeness (QED) is 0.551. The van der Waals surface area contributed by atoms with Crippen molar-refractivity contribution in [1.29, 1.82) is 0 Å². The maximum absolute atomic E-state index is 12.6. The lowest BCUT2D eigenvalue weighted by atomic mass is 9.90. The number of carbonyl (C=O) groups is 1. The van der Waals surface area contributed by atoms with E-state index in [9.17, 15) is 4.79 Å². The Balaban J connectivity index is 2.10. The van der Waals surface area contributed by atoms with Gasteiger partial charge in [0.05, 0.1) is 18.8 Å². The van der Waals surface area contributed by atoms with Crippen LogP contribution in [0.4, 0.5) is 0 Å². The average Bonchev–Trinajstić information content (AvgIpc) is 2.71. The number of nitrogens with one attached hydrogen (secondary N) is 2. The molecule has 0 bridgehead atoms. The second-order valence-electron chi connectivity index (χ2n) is 6.25. The summed E-state index contributed by atoms with van der Waals surface area (Å²) in [5.41, 5.74) is 3.08. The second kappa shape index (κ2) is 8.71. The number of thiocarbonyl (C=S) groups is 1. The molecular weight excluding hydrogens is 372 g/mol. The van der Waals surface area contributed by atoms with Crippen LogP contribution in [0.1, 0.15) is 24.1 Å². The first-order valence-electron chi connectivity index (χ1n) is 8.84. The highest BCUT2D eigenvalue weighted by atomic mass is 32.1. The Bertz CT molecular complexity index is 938. The van der Waals surface area contributed by atoms with Crippen molar-refractivity contribution in [3.05, 3.63) is 77.9 Å². The molecule has 28 heavy (non-hydrogen) atoms. The van der Waals surface area contributed by atoms with Crippen molar-refractivity contribution < 1.29 is 14.3 Å². The van der Waals surface area contributed by atoms with E-state index in [0.29, 0.717) is 34.5 Å². The summed E-state index contributed by atoms with van der Waals surface area (Å²) in [5.74, 6) is 1.14. The highest BCUT2D eigenvalue weighted by Gasteiger charge is 2.30. The third-order valence-corrected chi connectivity index (χ3v) is 4.61. The number of ketones is 1. The van der Waals surface area contributed by atoms with Crippen LogP contribution >= 0.6 is 12.2 Å². The fourth-order valence-corrected chi connectivity index (χ4v) is 3.38. The van der Waals surface area contributed by atoms with Crippen LogP contribution in [-0.4, -0.2) is 24.6 Å². The smallest absolute Gasteiger partial charge is 0.171 e. The van der Waals surface area contributed by atoms with Crippen LogP contribution in [-0.2, 0) is 4.79 Å². The van der Waals surface area contributed by atoms with Gasteiger partial charge >= 0.3 is 0 Å². The number of ether oxygens (including phenoxy) is 2. The van der Waals surface area contributed by atoms with Gasteiger partial charge in [0, 0.05) is 5.57 Å². The molecule has 6 heteroatoms. The molecule has 144 valence electrons. The number of Topliss-reactive ketones (excluding diaryl/α,β-unsaturated/α-hetero) is 1. The van der Waals surface area contributed by atoms with E-state index in [0.717, 1.165) is 11.1 Å². The molecule has 0 aliphatic carbocycles. The van der Waals surface area contributed by atoms with Crippen LogP contribution in [0.25, 0.3) is 5.70 Å². The number of hydrogen-bond acceptors (Lipinski definition) is 4. The van der Waals surface area contributed by atoms with E-state index >= 15 is 0 Å². The Labute approximate surface area is 170 Å². The van der Waals surface area contributed by atoms with Crippen molar-refractivity contribution in [2.24, 2.45) is 0 Å². The van der Waals surface area contributed by atoms with Gasteiger partial charge < -0.3 is 20.1 Å². The van der Waals surface area contributed by atoms with E-state index < -0.39 is 6.04 Å². The van der Waals surface area contributed by atoms with Gasteiger partial charge in [-0.25, -0.2) is 0 Å².